The van der Waals surface area contributed by atoms with Gasteiger partial charge in [-0.15, -0.1) is 0 Å². The van der Waals surface area contributed by atoms with Gasteiger partial charge in [0.05, 0.1) is 41.0 Å². The molecule has 0 saturated heterocycles. The number of rotatable bonds is 0. The van der Waals surface area contributed by atoms with Crippen LogP contribution in [0.4, 0.5) is 22.7 Å². The van der Waals surface area contributed by atoms with Crippen LogP contribution in [-0.4, -0.2) is 33.8 Å². The molecule has 0 bridgehead atoms. The van der Waals surface area contributed by atoms with E-state index in [-0.39, 0.29) is 22.6 Å². The lowest BCUT2D eigenvalue weighted by Crippen LogP contribution is -2.41. The third kappa shape index (κ3) is 2.42. The van der Waals surface area contributed by atoms with E-state index in [2.05, 4.69) is 30.9 Å². The molecule has 11 heteroatoms. The van der Waals surface area contributed by atoms with Crippen molar-refractivity contribution in [3.05, 3.63) is 11.4 Å². The van der Waals surface area contributed by atoms with Gasteiger partial charge in [0.1, 0.15) is 40.9 Å². The summed E-state index contributed by atoms with van der Waals surface area (Å²) in [5.74, 6) is 0. The van der Waals surface area contributed by atoms with E-state index < -0.39 is 18.1 Å². The first-order valence-electron chi connectivity index (χ1n) is 8.31. The quantitative estimate of drug-likeness (QED) is 0.601. The summed E-state index contributed by atoms with van der Waals surface area (Å²) in [6.07, 6.45) is 0. The van der Waals surface area contributed by atoms with Gasteiger partial charge in [-0.1, -0.05) is 0 Å². The van der Waals surface area contributed by atoms with Crippen molar-refractivity contribution in [1.82, 2.24) is 9.97 Å². The van der Waals surface area contributed by atoms with Crippen molar-refractivity contribution in [3.63, 3.8) is 0 Å². The third-order valence-electron chi connectivity index (χ3n) is 4.62. The Morgan fingerprint density at radius 2 is 1.41 bits per heavy atom. The summed E-state index contributed by atoms with van der Waals surface area (Å²) in [5.41, 5.74) is 2.36. The topological polar surface area (TPSA) is 193 Å². The van der Waals surface area contributed by atoms with E-state index in [9.17, 15) is 26.3 Å². The van der Waals surface area contributed by atoms with E-state index in [0.29, 0.717) is 28.3 Å². The molecule has 0 aliphatic carbocycles. The molecule has 0 spiro atoms. The Kier molecular flexibility index (Phi) is 3.83. The highest BCUT2D eigenvalue weighted by Crippen LogP contribution is 2.49. The minimum atomic E-state index is -0.985. The summed E-state index contributed by atoms with van der Waals surface area (Å²) < 4.78 is 0. The number of anilines is 3. The molecule has 1 aromatic carbocycles. The second kappa shape index (κ2) is 6.35. The summed E-state index contributed by atoms with van der Waals surface area (Å²) in [6, 6.07) is 7.09. The number of aliphatic imine (C=N–C) groups is 1. The van der Waals surface area contributed by atoms with Crippen LogP contribution in [0.2, 0.25) is 0 Å². The van der Waals surface area contributed by atoms with Crippen LogP contribution >= 0.6 is 0 Å². The van der Waals surface area contributed by atoms with E-state index in [0.717, 1.165) is 0 Å². The Morgan fingerprint density at radius 3 is 2.00 bits per heavy atom. The lowest BCUT2D eigenvalue weighted by molar-refractivity contribution is 0.794. The molecule has 2 aliphatic rings. The molecule has 0 saturated carbocycles. The monoisotopic (exact) mass is 379 g/mol. The maximum absolute atomic E-state index is 9.41. The number of aromatic nitrogens is 2. The van der Waals surface area contributed by atoms with Gasteiger partial charge in [0.2, 0.25) is 0 Å². The van der Waals surface area contributed by atoms with Gasteiger partial charge >= 0.3 is 0 Å². The van der Waals surface area contributed by atoms with Gasteiger partial charge in [-0.3, -0.25) is 0 Å². The van der Waals surface area contributed by atoms with Gasteiger partial charge in [0, 0.05) is 0 Å². The predicted octanol–water partition coefficient (Wildman–Crippen LogP) is 1.35. The molecule has 0 amide bonds. The maximum Gasteiger partial charge on any atom is 0.167 e. The molecular formula is C18H9N11. The zero-order valence-corrected chi connectivity index (χ0v) is 14.8. The van der Waals surface area contributed by atoms with Crippen LogP contribution in [0.15, 0.2) is 4.99 Å². The first-order chi connectivity index (χ1) is 14.1. The van der Waals surface area contributed by atoms with Crippen molar-refractivity contribution in [2.75, 3.05) is 16.0 Å². The van der Waals surface area contributed by atoms with Gasteiger partial charge in [-0.2, -0.15) is 26.3 Å². The average molecular weight is 379 g/mol. The van der Waals surface area contributed by atoms with E-state index in [1.165, 1.54) is 0 Å². The Hall–Kier alpha value is -4.92. The standard InChI is InChI=1S/C18H9N11/c1-7-8(2-19)25-14-13(24-7)15-17(28-10(4-21)9(3-20)26-15)18-16(14)27-11(5-22)12(6-23)29-18/h9,11-12,26-27,29H,1H3. The van der Waals surface area contributed by atoms with E-state index in [1.807, 2.05) is 30.3 Å². The van der Waals surface area contributed by atoms with Crippen LogP contribution in [0.3, 0.4) is 0 Å². The fraction of sp³-hybridized carbons (Fsp3) is 0.222. The Labute approximate surface area is 164 Å². The Morgan fingerprint density at radius 1 is 0.759 bits per heavy atom. The first kappa shape index (κ1) is 17.5. The largest absolute Gasteiger partial charge is 0.364 e. The molecule has 3 unspecified atom stereocenters. The molecule has 3 atom stereocenters. The van der Waals surface area contributed by atoms with Crippen molar-refractivity contribution in [2.45, 2.75) is 25.0 Å². The van der Waals surface area contributed by atoms with Crippen molar-refractivity contribution >= 4 is 39.5 Å². The number of hydrogen-bond acceptors (Lipinski definition) is 11. The van der Waals surface area contributed by atoms with Crippen LogP contribution < -0.4 is 16.0 Å². The molecule has 11 nitrogen and oxygen atoms in total. The summed E-state index contributed by atoms with van der Waals surface area (Å²) in [4.78, 5) is 13.1. The molecule has 3 heterocycles. The zero-order chi connectivity index (χ0) is 20.7. The van der Waals surface area contributed by atoms with Gasteiger partial charge in [0.25, 0.3) is 0 Å². The molecule has 3 N–H and O–H groups in total. The summed E-state index contributed by atoms with van der Waals surface area (Å²) >= 11 is 0. The molecule has 2 aliphatic heterocycles. The fourth-order valence-corrected chi connectivity index (χ4v) is 3.25. The van der Waals surface area contributed by atoms with E-state index in [1.54, 1.807) is 6.92 Å². The highest BCUT2D eigenvalue weighted by Gasteiger charge is 2.36. The SMILES string of the molecule is Cc1nc2c3c(c4c(c2nc1C#N)NC(C#N)C(C#N)N4)N=C(C#N)C(C#N)N3. The minimum Gasteiger partial charge on any atom is -0.364 e. The van der Waals surface area contributed by atoms with Gasteiger partial charge in [-0.25, -0.2) is 15.0 Å². The van der Waals surface area contributed by atoms with E-state index in [4.69, 9.17) is 0 Å². The highest BCUT2D eigenvalue weighted by molar-refractivity contribution is 6.18. The second-order valence-electron chi connectivity index (χ2n) is 6.26. The van der Waals surface area contributed by atoms with Crippen LogP contribution in [0.25, 0.3) is 11.0 Å². The van der Waals surface area contributed by atoms with Crippen LogP contribution in [0, 0.1) is 63.6 Å². The van der Waals surface area contributed by atoms with Crippen molar-refractivity contribution in [1.29, 1.82) is 26.3 Å². The van der Waals surface area contributed by atoms with Gasteiger partial charge in [0.15, 0.2) is 17.4 Å². The smallest absolute Gasteiger partial charge is 0.167 e. The number of aryl methyl sites for hydroxylation is 1. The fourth-order valence-electron chi connectivity index (χ4n) is 3.25. The van der Waals surface area contributed by atoms with Crippen LogP contribution in [-0.2, 0) is 0 Å². The number of fused-ring (bicyclic) bond motifs is 6. The third-order valence-corrected chi connectivity index (χ3v) is 4.62. The van der Waals surface area contributed by atoms with Crippen molar-refractivity contribution < 1.29 is 0 Å². The number of nitriles is 5. The average Bonchev–Trinajstić information content (AvgIpc) is 2.76. The lowest BCUT2D eigenvalue weighted by atomic mass is 10.00. The van der Waals surface area contributed by atoms with Crippen LogP contribution in [0.1, 0.15) is 11.4 Å². The molecule has 0 radical (unpaired) electrons. The number of benzene rings is 1. The Bertz CT molecular complexity index is 1320. The molecule has 1 aromatic heterocycles. The predicted molar refractivity (Wildman–Crippen MR) is 101 cm³/mol. The highest BCUT2D eigenvalue weighted by atomic mass is 15.1. The second-order valence-corrected chi connectivity index (χ2v) is 6.26. The number of nitrogens with one attached hydrogen (secondary N) is 3. The van der Waals surface area contributed by atoms with Gasteiger partial charge in [-0.05, 0) is 6.92 Å². The lowest BCUT2D eigenvalue weighted by Gasteiger charge is -2.32. The molecule has 2 aromatic rings. The summed E-state index contributed by atoms with van der Waals surface area (Å²) in [5, 5.41) is 55.8. The molecule has 136 valence electrons. The molecule has 29 heavy (non-hydrogen) atoms. The van der Waals surface area contributed by atoms with Crippen molar-refractivity contribution in [3.8, 4) is 30.3 Å². The molecule has 4 rings (SSSR count). The summed E-state index contributed by atoms with van der Waals surface area (Å²) in [7, 11) is 0. The number of hydrogen-bond donors (Lipinski definition) is 3. The molecule has 0 fully saturated rings. The maximum atomic E-state index is 9.41. The molecular weight excluding hydrogens is 370 g/mol. The van der Waals surface area contributed by atoms with Crippen molar-refractivity contribution in [2.24, 2.45) is 4.99 Å². The normalized spacial score (nSPS) is 21.1. The summed E-state index contributed by atoms with van der Waals surface area (Å²) in [6.45, 7) is 1.63. The Balaban J connectivity index is 2.13. The van der Waals surface area contributed by atoms with E-state index >= 15 is 0 Å². The van der Waals surface area contributed by atoms with Crippen LogP contribution in [0.5, 0.6) is 0 Å². The zero-order valence-electron chi connectivity index (χ0n) is 14.8. The van der Waals surface area contributed by atoms with Gasteiger partial charge < -0.3 is 16.0 Å². The number of nitrogens with zero attached hydrogens (tertiary/aromatic N) is 8. The first-order valence-corrected chi connectivity index (χ1v) is 8.31. The minimum absolute atomic E-state index is 0.0439.